The predicted octanol–water partition coefficient (Wildman–Crippen LogP) is 4.48. The smallest absolute Gasteiger partial charge is 0.337 e. The molecule has 2 aromatic carbocycles. The average Bonchev–Trinajstić information content (AvgIpc) is 2.50. The van der Waals surface area contributed by atoms with Gasteiger partial charge in [0.15, 0.2) is 5.75 Å². The minimum absolute atomic E-state index is 0.362. The summed E-state index contributed by atoms with van der Waals surface area (Å²) in [6, 6.07) is 10.8. The Bertz CT molecular complexity index is 647. The van der Waals surface area contributed by atoms with Gasteiger partial charge in [-0.2, -0.15) is 0 Å². The van der Waals surface area contributed by atoms with Crippen LogP contribution in [0.4, 0.5) is 0 Å². The van der Waals surface area contributed by atoms with Crippen molar-refractivity contribution in [1.29, 1.82) is 0 Å². The Morgan fingerprint density at radius 3 is 2.19 bits per heavy atom. The van der Waals surface area contributed by atoms with E-state index in [0.717, 1.165) is 12.9 Å². The molecule has 6 heteroatoms. The molecule has 0 heterocycles. The summed E-state index contributed by atoms with van der Waals surface area (Å²) < 4.78 is 17.5. The second-order valence-electron chi connectivity index (χ2n) is 4.04. The molecule has 4 nitrogen and oxygen atoms in total. The first-order valence-corrected chi connectivity index (χ1v) is 8.10. The Hall–Kier alpha value is -1.03. The molecule has 0 amide bonds. The topological polar surface area (TPSA) is 44.8 Å². The Morgan fingerprint density at radius 1 is 1.00 bits per heavy atom. The van der Waals surface area contributed by atoms with Crippen LogP contribution in [0.2, 0.25) is 0 Å². The standard InChI is InChI=1S/C15H12I2O4/c1-19-10-4-3-5-11(8-10)21-14-12(16)6-9(7-13(14)17)15(18)20-2/h3-8H,1-2H3. The van der Waals surface area contributed by atoms with Crippen molar-refractivity contribution < 1.29 is 19.0 Å². The van der Waals surface area contributed by atoms with Crippen molar-refractivity contribution in [2.75, 3.05) is 14.2 Å². The highest BCUT2D eigenvalue weighted by molar-refractivity contribution is 14.1. The molecule has 2 rings (SSSR count). The number of methoxy groups -OCH3 is 2. The zero-order valence-electron chi connectivity index (χ0n) is 11.4. The van der Waals surface area contributed by atoms with Gasteiger partial charge >= 0.3 is 5.97 Å². The van der Waals surface area contributed by atoms with Gasteiger partial charge in [0, 0.05) is 6.07 Å². The SMILES string of the molecule is COC(=O)c1cc(I)c(Oc2cccc(OC)c2)c(I)c1. The molecule has 21 heavy (non-hydrogen) atoms. The van der Waals surface area contributed by atoms with Crippen molar-refractivity contribution >= 4 is 51.2 Å². The largest absolute Gasteiger partial charge is 0.497 e. The van der Waals surface area contributed by atoms with E-state index < -0.39 is 0 Å². The highest BCUT2D eigenvalue weighted by atomic mass is 127. The van der Waals surface area contributed by atoms with E-state index >= 15 is 0 Å². The van der Waals surface area contributed by atoms with Crippen LogP contribution in [0.25, 0.3) is 0 Å². The van der Waals surface area contributed by atoms with Crippen LogP contribution >= 0.6 is 45.2 Å². The quantitative estimate of drug-likeness (QED) is 0.450. The van der Waals surface area contributed by atoms with Crippen LogP contribution < -0.4 is 9.47 Å². The molecule has 0 aliphatic rings. The van der Waals surface area contributed by atoms with E-state index in [2.05, 4.69) is 45.2 Å². The summed E-state index contributed by atoms with van der Waals surface area (Å²) in [6.45, 7) is 0. The first kappa shape index (κ1) is 16.3. The molecule has 0 aliphatic carbocycles. The molecule has 110 valence electrons. The van der Waals surface area contributed by atoms with Crippen LogP contribution in [0.1, 0.15) is 10.4 Å². The molecule has 0 saturated heterocycles. The second-order valence-corrected chi connectivity index (χ2v) is 6.37. The average molecular weight is 510 g/mol. The molecule has 0 N–H and O–H groups in total. The third kappa shape index (κ3) is 4.00. The summed E-state index contributed by atoms with van der Waals surface area (Å²) in [7, 11) is 2.97. The van der Waals surface area contributed by atoms with Gasteiger partial charge in [-0.1, -0.05) is 6.07 Å². The zero-order chi connectivity index (χ0) is 15.4. The van der Waals surface area contributed by atoms with Gasteiger partial charge in [0.1, 0.15) is 11.5 Å². The Morgan fingerprint density at radius 2 is 1.62 bits per heavy atom. The van der Waals surface area contributed by atoms with Gasteiger partial charge in [-0.05, 0) is 69.4 Å². The molecule has 0 atom stereocenters. The summed E-state index contributed by atoms with van der Waals surface area (Å²) >= 11 is 4.27. The van der Waals surface area contributed by atoms with E-state index in [0.29, 0.717) is 17.1 Å². The van der Waals surface area contributed by atoms with E-state index in [1.807, 2.05) is 18.2 Å². The van der Waals surface area contributed by atoms with Crippen molar-refractivity contribution in [3.05, 3.63) is 49.1 Å². The van der Waals surface area contributed by atoms with Crippen LogP contribution in [0.5, 0.6) is 17.2 Å². The molecule has 0 fully saturated rings. The van der Waals surface area contributed by atoms with Crippen molar-refractivity contribution in [3.63, 3.8) is 0 Å². The molecule has 2 aromatic rings. The van der Waals surface area contributed by atoms with Gasteiger partial charge in [-0.3, -0.25) is 0 Å². The number of hydrogen-bond donors (Lipinski definition) is 0. The number of rotatable bonds is 4. The van der Waals surface area contributed by atoms with Crippen LogP contribution in [0.15, 0.2) is 36.4 Å². The third-order valence-corrected chi connectivity index (χ3v) is 4.28. The number of benzene rings is 2. The van der Waals surface area contributed by atoms with E-state index in [9.17, 15) is 4.79 Å². The molecular weight excluding hydrogens is 498 g/mol. The van der Waals surface area contributed by atoms with E-state index in [4.69, 9.17) is 14.2 Å². The molecule has 0 saturated carbocycles. The lowest BCUT2D eigenvalue weighted by atomic mass is 10.2. The van der Waals surface area contributed by atoms with Gasteiger partial charge in [-0.15, -0.1) is 0 Å². The number of esters is 1. The zero-order valence-corrected chi connectivity index (χ0v) is 15.7. The summed E-state index contributed by atoms with van der Waals surface area (Å²) in [5, 5.41) is 0. The molecule has 0 bridgehead atoms. The number of hydrogen-bond acceptors (Lipinski definition) is 4. The van der Waals surface area contributed by atoms with E-state index in [-0.39, 0.29) is 5.97 Å². The molecule has 0 spiro atoms. The fourth-order valence-corrected chi connectivity index (χ4v) is 3.66. The number of ether oxygens (including phenoxy) is 3. The maximum Gasteiger partial charge on any atom is 0.337 e. The van der Waals surface area contributed by atoms with Crippen LogP contribution in [0, 0.1) is 7.14 Å². The molecular formula is C15H12I2O4. The fourth-order valence-electron chi connectivity index (χ4n) is 1.68. The van der Waals surface area contributed by atoms with Crippen molar-refractivity contribution in [2.45, 2.75) is 0 Å². The lowest BCUT2D eigenvalue weighted by molar-refractivity contribution is 0.0600. The van der Waals surface area contributed by atoms with Crippen molar-refractivity contribution in [2.24, 2.45) is 0 Å². The van der Waals surface area contributed by atoms with Gasteiger partial charge in [0.25, 0.3) is 0 Å². The summed E-state index contributed by atoms with van der Waals surface area (Å²) in [4.78, 5) is 11.6. The highest BCUT2D eigenvalue weighted by Gasteiger charge is 2.14. The second kappa shape index (κ2) is 7.30. The third-order valence-electron chi connectivity index (χ3n) is 2.68. The number of carbonyl (C=O) groups is 1. The van der Waals surface area contributed by atoms with Gasteiger partial charge in [-0.25, -0.2) is 4.79 Å². The summed E-state index contributed by atoms with van der Waals surface area (Å²) in [5.74, 6) is 1.75. The van der Waals surface area contributed by atoms with Crippen molar-refractivity contribution in [1.82, 2.24) is 0 Å². The minimum atomic E-state index is -0.362. The Labute approximate surface area is 150 Å². The summed E-state index contributed by atoms with van der Waals surface area (Å²) in [6.07, 6.45) is 0. The molecule has 0 radical (unpaired) electrons. The normalized spacial score (nSPS) is 10.1. The van der Waals surface area contributed by atoms with Crippen LogP contribution in [-0.4, -0.2) is 20.2 Å². The van der Waals surface area contributed by atoms with Crippen LogP contribution in [-0.2, 0) is 4.74 Å². The van der Waals surface area contributed by atoms with E-state index in [1.165, 1.54) is 7.11 Å². The minimum Gasteiger partial charge on any atom is -0.497 e. The van der Waals surface area contributed by atoms with Gasteiger partial charge in [0.05, 0.1) is 26.9 Å². The lowest BCUT2D eigenvalue weighted by Gasteiger charge is -2.12. The maximum atomic E-state index is 11.6. The van der Waals surface area contributed by atoms with Gasteiger partial charge < -0.3 is 14.2 Å². The first-order chi connectivity index (χ1) is 10.0. The van der Waals surface area contributed by atoms with E-state index in [1.54, 1.807) is 25.3 Å². The predicted molar refractivity (Wildman–Crippen MR) is 96.3 cm³/mol. The Kier molecular flexibility index (Phi) is 5.68. The molecule has 0 unspecified atom stereocenters. The molecule has 0 aromatic heterocycles. The number of halogens is 2. The maximum absolute atomic E-state index is 11.6. The first-order valence-electron chi connectivity index (χ1n) is 5.94. The Balaban J connectivity index is 2.34. The summed E-state index contributed by atoms with van der Waals surface area (Å²) in [5.41, 5.74) is 0.504. The highest BCUT2D eigenvalue weighted by Crippen LogP contribution is 2.34. The lowest BCUT2D eigenvalue weighted by Crippen LogP contribution is -2.03. The fraction of sp³-hybridized carbons (Fsp3) is 0.133. The van der Waals surface area contributed by atoms with Gasteiger partial charge in [0.2, 0.25) is 0 Å². The van der Waals surface area contributed by atoms with Crippen molar-refractivity contribution in [3.8, 4) is 17.2 Å². The monoisotopic (exact) mass is 510 g/mol. The number of carbonyl (C=O) groups excluding carboxylic acids is 1. The van der Waals surface area contributed by atoms with Crippen LogP contribution in [0.3, 0.4) is 0 Å². The molecule has 0 aliphatic heterocycles.